The molecule has 2 aromatic heterocycles. The van der Waals surface area contributed by atoms with E-state index in [1.807, 2.05) is 31.1 Å². The van der Waals surface area contributed by atoms with Crippen LogP contribution < -0.4 is 20.2 Å². The van der Waals surface area contributed by atoms with Gasteiger partial charge in [0.2, 0.25) is 11.3 Å². The molecule has 2 heterocycles. The van der Waals surface area contributed by atoms with E-state index >= 15 is 0 Å². The topological polar surface area (TPSA) is 93.9 Å². The van der Waals surface area contributed by atoms with E-state index in [0.717, 1.165) is 25.1 Å². The highest BCUT2D eigenvalue weighted by molar-refractivity contribution is 5.90. The zero-order valence-corrected chi connectivity index (χ0v) is 21.9. The third-order valence-electron chi connectivity index (χ3n) is 6.78. The summed E-state index contributed by atoms with van der Waals surface area (Å²) in [6, 6.07) is 14.5. The average molecular weight is 516 g/mol. The maximum absolute atomic E-state index is 13.0. The van der Waals surface area contributed by atoms with Gasteiger partial charge in [0.25, 0.3) is 0 Å². The molecule has 198 valence electrons. The number of nitrogens with zero attached hydrogens (tertiary/aromatic N) is 2. The summed E-state index contributed by atoms with van der Waals surface area (Å²) in [5, 5.41) is 4.09. The van der Waals surface area contributed by atoms with Crippen molar-refractivity contribution in [3.63, 3.8) is 0 Å². The Labute approximate surface area is 221 Å². The Hall–Kier alpha value is -3.91. The predicted octanol–water partition coefficient (Wildman–Crippen LogP) is 5.07. The quantitative estimate of drug-likeness (QED) is 0.295. The molecule has 2 aromatic carbocycles. The van der Waals surface area contributed by atoms with Crippen LogP contribution in [0.3, 0.4) is 0 Å². The van der Waals surface area contributed by atoms with Crippen molar-refractivity contribution in [1.82, 2.24) is 15.2 Å². The number of ether oxygens (including phenoxy) is 2. The first-order valence-electron chi connectivity index (χ1n) is 13.1. The van der Waals surface area contributed by atoms with Crippen LogP contribution in [0.25, 0.3) is 21.9 Å². The summed E-state index contributed by atoms with van der Waals surface area (Å²) in [6.07, 6.45) is 7.19. The Bertz CT molecular complexity index is 1470. The molecule has 1 fully saturated rings. The summed E-state index contributed by atoms with van der Waals surface area (Å²) in [6.45, 7) is 1.32. The SMILES string of the molecule is CN(C)CCOc1ccc2c(=O)c3ccc(Oc4ccc(CCC(=O)NC5CCCC5)nc4)cc3oc2c1. The highest BCUT2D eigenvalue weighted by Gasteiger charge is 2.17. The molecule has 0 bridgehead atoms. The molecular weight excluding hydrogens is 482 g/mol. The Kier molecular flexibility index (Phi) is 7.89. The molecule has 5 rings (SSSR count). The second-order valence-electron chi connectivity index (χ2n) is 10.0. The van der Waals surface area contributed by atoms with Gasteiger partial charge >= 0.3 is 0 Å². The molecule has 4 aromatic rings. The normalized spacial score (nSPS) is 13.9. The summed E-state index contributed by atoms with van der Waals surface area (Å²) in [7, 11) is 3.97. The van der Waals surface area contributed by atoms with Crippen LogP contribution in [-0.2, 0) is 11.2 Å². The van der Waals surface area contributed by atoms with Crippen LogP contribution in [0.5, 0.6) is 17.2 Å². The number of likely N-dealkylation sites (N-methyl/N-ethyl adjacent to an activating group) is 1. The molecule has 0 atom stereocenters. The number of aryl methyl sites for hydroxylation is 1. The minimum Gasteiger partial charge on any atom is -0.492 e. The third-order valence-corrected chi connectivity index (χ3v) is 6.78. The Morgan fingerprint density at radius 2 is 1.68 bits per heavy atom. The van der Waals surface area contributed by atoms with E-state index in [1.165, 1.54) is 12.8 Å². The molecule has 1 N–H and O–H groups in total. The standard InChI is InChI=1S/C30H33N3O5/c1-33(2)15-16-36-22-10-12-25-27(17-22)38-28-18-23(11-13-26(28)30(25)35)37-24-9-7-20(31-19-24)8-14-29(34)32-21-5-3-4-6-21/h7,9-13,17-19,21H,3-6,8,14-16H2,1-2H3,(H,32,34). The molecule has 8 heteroatoms. The van der Waals surface area contributed by atoms with Gasteiger partial charge in [0.15, 0.2) is 0 Å². The van der Waals surface area contributed by atoms with Gasteiger partial charge in [-0.25, -0.2) is 0 Å². The lowest BCUT2D eigenvalue weighted by atomic mass is 10.1. The number of hydrogen-bond donors (Lipinski definition) is 1. The highest BCUT2D eigenvalue weighted by Crippen LogP contribution is 2.28. The molecule has 0 unspecified atom stereocenters. The van der Waals surface area contributed by atoms with Gasteiger partial charge in [-0.15, -0.1) is 0 Å². The van der Waals surface area contributed by atoms with E-state index in [0.29, 0.717) is 64.7 Å². The van der Waals surface area contributed by atoms with Crippen molar-refractivity contribution < 1.29 is 18.7 Å². The number of carbonyl (C=O) groups is 1. The Morgan fingerprint density at radius 3 is 2.37 bits per heavy atom. The highest BCUT2D eigenvalue weighted by atomic mass is 16.5. The van der Waals surface area contributed by atoms with Crippen LogP contribution in [0.1, 0.15) is 37.8 Å². The van der Waals surface area contributed by atoms with Crippen LogP contribution in [0.15, 0.2) is 63.9 Å². The molecule has 1 saturated carbocycles. The fraction of sp³-hybridized carbons (Fsp3) is 0.367. The molecular formula is C30H33N3O5. The van der Waals surface area contributed by atoms with Gasteiger partial charge in [-0.2, -0.15) is 0 Å². The predicted molar refractivity (Wildman–Crippen MR) is 147 cm³/mol. The summed E-state index contributed by atoms with van der Waals surface area (Å²) in [4.78, 5) is 31.7. The van der Waals surface area contributed by atoms with Gasteiger partial charge < -0.3 is 24.1 Å². The van der Waals surface area contributed by atoms with Crippen LogP contribution in [0.2, 0.25) is 0 Å². The summed E-state index contributed by atoms with van der Waals surface area (Å²) in [5.41, 5.74) is 1.63. The molecule has 0 radical (unpaired) electrons. The van der Waals surface area contributed by atoms with Crippen molar-refractivity contribution in [3.8, 4) is 17.2 Å². The maximum Gasteiger partial charge on any atom is 0.220 e. The van der Waals surface area contributed by atoms with E-state index in [2.05, 4.69) is 10.3 Å². The van der Waals surface area contributed by atoms with Crippen LogP contribution in [0.4, 0.5) is 0 Å². The minimum atomic E-state index is -0.101. The second-order valence-corrected chi connectivity index (χ2v) is 10.0. The maximum atomic E-state index is 13.0. The Morgan fingerprint density at radius 1 is 1.00 bits per heavy atom. The van der Waals surface area contributed by atoms with Gasteiger partial charge in [-0.1, -0.05) is 12.8 Å². The molecule has 38 heavy (non-hydrogen) atoms. The largest absolute Gasteiger partial charge is 0.492 e. The second kappa shape index (κ2) is 11.6. The van der Waals surface area contributed by atoms with E-state index in [4.69, 9.17) is 13.9 Å². The van der Waals surface area contributed by atoms with E-state index in [1.54, 1.807) is 42.6 Å². The van der Waals surface area contributed by atoms with E-state index < -0.39 is 0 Å². The van der Waals surface area contributed by atoms with Crippen molar-refractivity contribution in [2.45, 2.75) is 44.6 Å². The fourth-order valence-electron chi connectivity index (χ4n) is 4.68. The lowest BCUT2D eigenvalue weighted by molar-refractivity contribution is -0.121. The van der Waals surface area contributed by atoms with Gasteiger partial charge in [0.05, 0.1) is 17.0 Å². The lowest BCUT2D eigenvalue weighted by Gasteiger charge is -2.12. The van der Waals surface area contributed by atoms with Gasteiger partial charge in [-0.05, 0) is 69.8 Å². The summed E-state index contributed by atoms with van der Waals surface area (Å²) < 4.78 is 17.8. The first-order chi connectivity index (χ1) is 18.4. The number of hydrogen-bond acceptors (Lipinski definition) is 7. The monoisotopic (exact) mass is 515 g/mol. The molecule has 8 nitrogen and oxygen atoms in total. The number of benzene rings is 2. The molecule has 0 saturated heterocycles. The van der Waals surface area contributed by atoms with Crippen LogP contribution >= 0.6 is 0 Å². The zero-order valence-electron chi connectivity index (χ0n) is 21.9. The number of aromatic nitrogens is 1. The number of nitrogens with one attached hydrogen (secondary N) is 1. The number of amides is 1. The smallest absolute Gasteiger partial charge is 0.220 e. The molecule has 1 aliphatic rings. The van der Waals surface area contributed by atoms with Crippen molar-refractivity contribution in [2.24, 2.45) is 0 Å². The average Bonchev–Trinajstić information content (AvgIpc) is 3.41. The van der Waals surface area contributed by atoms with Crippen molar-refractivity contribution in [1.29, 1.82) is 0 Å². The fourth-order valence-corrected chi connectivity index (χ4v) is 4.68. The number of fused-ring (bicyclic) bond motifs is 2. The summed E-state index contributed by atoms with van der Waals surface area (Å²) in [5.74, 6) is 1.82. The zero-order chi connectivity index (χ0) is 26.5. The molecule has 0 spiro atoms. The first-order valence-corrected chi connectivity index (χ1v) is 13.1. The third kappa shape index (κ3) is 6.31. The number of rotatable bonds is 10. The molecule has 1 aliphatic carbocycles. The van der Waals surface area contributed by atoms with Crippen molar-refractivity contribution in [2.75, 3.05) is 27.2 Å². The van der Waals surface area contributed by atoms with Gasteiger partial charge in [0, 0.05) is 36.8 Å². The van der Waals surface area contributed by atoms with Crippen molar-refractivity contribution in [3.05, 3.63) is 70.6 Å². The van der Waals surface area contributed by atoms with Gasteiger partial charge in [-0.3, -0.25) is 14.6 Å². The summed E-state index contributed by atoms with van der Waals surface area (Å²) >= 11 is 0. The van der Waals surface area contributed by atoms with Crippen LogP contribution in [-0.4, -0.2) is 49.1 Å². The first kappa shape index (κ1) is 25.7. The number of carbonyl (C=O) groups excluding carboxylic acids is 1. The van der Waals surface area contributed by atoms with E-state index in [9.17, 15) is 9.59 Å². The number of pyridine rings is 1. The van der Waals surface area contributed by atoms with Crippen molar-refractivity contribution >= 4 is 27.8 Å². The Balaban J connectivity index is 1.25. The molecule has 1 amide bonds. The van der Waals surface area contributed by atoms with Crippen LogP contribution in [0, 0.1) is 0 Å². The van der Waals surface area contributed by atoms with Gasteiger partial charge in [0.1, 0.15) is 35.0 Å². The van der Waals surface area contributed by atoms with E-state index in [-0.39, 0.29) is 11.3 Å². The lowest BCUT2D eigenvalue weighted by Crippen LogP contribution is -2.32. The molecule has 0 aliphatic heterocycles. The minimum absolute atomic E-state index is 0.0800.